The van der Waals surface area contributed by atoms with Crippen molar-refractivity contribution < 1.29 is 16.9 Å². The molecule has 2 aromatic carbocycles. The Bertz CT molecular complexity index is 1170. The molecule has 0 fully saturated rings. The molecule has 1 unspecified atom stereocenters. The van der Waals surface area contributed by atoms with Crippen LogP contribution in [0.2, 0.25) is 0 Å². The molecule has 0 spiro atoms. The van der Waals surface area contributed by atoms with Crippen LogP contribution in [0.4, 0.5) is 5.00 Å². The number of thiophene rings is 1. The topological polar surface area (TPSA) is 88.1 Å². The van der Waals surface area contributed by atoms with Gasteiger partial charge in [0, 0.05) is 16.8 Å². The van der Waals surface area contributed by atoms with Crippen LogP contribution in [0.3, 0.4) is 0 Å². The van der Waals surface area contributed by atoms with Gasteiger partial charge in [0.2, 0.25) is 0 Å². The van der Waals surface area contributed by atoms with Crippen LogP contribution >= 0.6 is 11.3 Å². The van der Waals surface area contributed by atoms with Crippen molar-refractivity contribution in [2.45, 2.75) is 24.7 Å². The summed E-state index contributed by atoms with van der Waals surface area (Å²) < 4.78 is 49.9. The van der Waals surface area contributed by atoms with E-state index in [4.69, 9.17) is 4.28 Å². The molecular weight excluding hydrogens is 430 g/mol. The van der Waals surface area contributed by atoms with Crippen LogP contribution in [0.5, 0.6) is 0 Å². The lowest BCUT2D eigenvalue weighted by atomic mass is 10.2. The number of hydrogen-bond donors (Lipinski definition) is 1. The maximum Gasteiger partial charge on any atom is 0.309 e. The molecule has 1 N–H and O–H groups in total. The van der Waals surface area contributed by atoms with Gasteiger partial charge in [0.05, 0.1) is 4.90 Å². The molecular formula is C19H19N3O4S3. The summed E-state index contributed by atoms with van der Waals surface area (Å²) in [6.07, 6.45) is 1.58. The molecule has 0 saturated heterocycles. The first-order valence-corrected chi connectivity index (χ1v) is 12.3. The predicted molar refractivity (Wildman–Crippen MR) is 117 cm³/mol. The third-order valence-corrected chi connectivity index (χ3v) is 8.14. The van der Waals surface area contributed by atoms with Crippen LogP contribution in [-0.2, 0) is 25.6 Å². The molecule has 0 saturated carbocycles. The molecule has 1 aromatic heterocycles. The van der Waals surface area contributed by atoms with E-state index < -0.39 is 21.3 Å². The molecule has 0 radical (unpaired) electrons. The molecule has 0 amide bonds. The summed E-state index contributed by atoms with van der Waals surface area (Å²) in [5.74, 6) is 0.134. The molecule has 29 heavy (non-hydrogen) atoms. The van der Waals surface area contributed by atoms with E-state index in [0.29, 0.717) is 17.1 Å². The SMILES string of the molecule is CCCCN(c1cc2ccccc2s1)S(=O)(=O)c1ccccc1C1=NS(=O)ON1. The van der Waals surface area contributed by atoms with Crippen molar-refractivity contribution in [3.05, 3.63) is 60.2 Å². The van der Waals surface area contributed by atoms with Gasteiger partial charge in [0.1, 0.15) is 5.00 Å². The maximum absolute atomic E-state index is 13.7. The number of fused-ring (bicyclic) bond motifs is 1. The minimum absolute atomic E-state index is 0.0855. The van der Waals surface area contributed by atoms with Gasteiger partial charge < -0.3 is 0 Å². The standard InChI is InChI=1S/C19H19N3O4S3/c1-2-3-12-22(18-13-14-8-4-6-10-16(14)27-18)29(24,25)17-11-7-5-9-15(17)19-20-26-28(23)21-19/h4-11,13H,2-3,12H2,1H3,(H,20,21). The van der Waals surface area contributed by atoms with E-state index in [1.54, 1.807) is 18.2 Å². The molecule has 4 rings (SSSR count). The second-order valence-electron chi connectivity index (χ2n) is 6.39. The Hall–Kier alpha value is -2.27. The zero-order chi connectivity index (χ0) is 20.4. The van der Waals surface area contributed by atoms with Gasteiger partial charge in [-0.2, -0.15) is 4.28 Å². The molecule has 10 heteroatoms. The number of nitrogens with zero attached hydrogens (tertiary/aromatic N) is 2. The van der Waals surface area contributed by atoms with Gasteiger partial charge in [-0.25, -0.2) is 18.1 Å². The van der Waals surface area contributed by atoms with Gasteiger partial charge in [-0.05, 0) is 36.1 Å². The Labute approximate surface area is 175 Å². The summed E-state index contributed by atoms with van der Waals surface area (Å²) in [6.45, 7) is 2.38. The first-order valence-electron chi connectivity index (χ1n) is 9.05. The van der Waals surface area contributed by atoms with Crippen LogP contribution in [0.15, 0.2) is 63.9 Å². The third-order valence-electron chi connectivity index (χ3n) is 4.46. The van der Waals surface area contributed by atoms with Crippen LogP contribution < -0.4 is 9.79 Å². The largest absolute Gasteiger partial charge is 0.309 e. The Morgan fingerprint density at radius 1 is 1.17 bits per heavy atom. The van der Waals surface area contributed by atoms with Gasteiger partial charge in [-0.1, -0.05) is 43.7 Å². The van der Waals surface area contributed by atoms with Crippen molar-refractivity contribution >= 4 is 53.5 Å². The monoisotopic (exact) mass is 449 g/mol. The first kappa shape index (κ1) is 20.0. The number of benzene rings is 2. The van der Waals surface area contributed by atoms with E-state index in [0.717, 1.165) is 22.9 Å². The Morgan fingerprint density at radius 3 is 2.66 bits per heavy atom. The summed E-state index contributed by atoms with van der Waals surface area (Å²) in [4.78, 5) is 0.0855. The number of nitrogens with one attached hydrogen (secondary N) is 1. The summed E-state index contributed by atoms with van der Waals surface area (Å²) in [5, 5.41) is 1.67. The fourth-order valence-electron chi connectivity index (χ4n) is 3.04. The Balaban J connectivity index is 1.82. The lowest BCUT2D eigenvalue weighted by Crippen LogP contribution is -2.33. The molecule has 2 heterocycles. The van der Waals surface area contributed by atoms with Gasteiger partial charge in [0.25, 0.3) is 10.0 Å². The first-order chi connectivity index (χ1) is 14.0. The molecule has 7 nitrogen and oxygen atoms in total. The van der Waals surface area contributed by atoms with Crippen LogP contribution in [-0.4, -0.2) is 25.0 Å². The smallest absolute Gasteiger partial charge is 0.257 e. The van der Waals surface area contributed by atoms with E-state index >= 15 is 0 Å². The number of amidine groups is 1. The highest BCUT2D eigenvalue weighted by Gasteiger charge is 2.31. The summed E-state index contributed by atoms with van der Waals surface area (Å²) in [7, 11) is -3.89. The number of hydroxylamine groups is 1. The zero-order valence-corrected chi connectivity index (χ0v) is 18.0. The highest BCUT2D eigenvalue weighted by molar-refractivity contribution is 7.93. The molecule has 3 aromatic rings. The molecule has 152 valence electrons. The molecule has 1 aliphatic heterocycles. The summed E-state index contributed by atoms with van der Waals surface area (Å²) in [5.41, 5.74) is 2.77. The minimum Gasteiger partial charge on any atom is -0.257 e. The third kappa shape index (κ3) is 3.93. The number of hydrogen-bond acceptors (Lipinski definition) is 6. The van der Waals surface area contributed by atoms with Crippen molar-refractivity contribution in [3.63, 3.8) is 0 Å². The highest BCUT2D eigenvalue weighted by atomic mass is 32.2. The van der Waals surface area contributed by atoms with Crippen molar-refractivity contribution in [3.8, 4) is 0 Å². The maximum atomic E-state index is 13.7. The van der Waals surface area contributed by atoms with Gasteiger partial charge in [-0.3, -0.25) is 4.31 Å². The highest BCUT2D eigenvalue weighted by Crippen LogP contribution is 2.36. The molecule has 0 bridgehead atoms. The summed E-state index contributed by atoms with van der Waals surface area (Å²) >= 11 is -0.437. The van der Waals surface area contributed by atoms with Crippen LogP contribution in [0.25, 0.3) is 10.1 Å². The van der Waals surface area contributed by atoms with E-state index in [9.17, 15) is 12.6 Å². The lowest BCUT2D eigenvalue weighted by molar-refractivity contribution is 0.305. The Morgan fingerprint density at radius 2 is 1.93 bits per heavy atom. The van der Waals surface area contributed by atoms with Crippen molar-refractivity contribution in [2.75, 3.05) is 10.8 Å². The minimum atomic E-state index is -3.89. The van der Waals surface area contributed by atoms with Gasteiger partial charge >= 0.3 is 11.3 Å². The average molecular weight is 450 g/mol. The van der Waals surface area contributed by atoms with Crippen LogP contribution in [0.1, 0.15) is 25.3 Å². The van der Waals surface area contributed by atoms with Crippen molar-refractivity contribution in [1.82, 2.24) is 5.48 Å². The Kier molecular flexibility index (Phi) is 5.68. The van der Waals surface area contributed by atoms with Crippen molar-refractivity contribution in [1.29, 1.82) is 0 Å². The fourth-order valence-corrected chi connectivity index (χ4v) is 6.50. The van der Waals surface area contributed by atoms with Gasteiger partial charge in [0.15, 0.2) is 5.84 Å². The molecule has 0 aliphatic carbocycles. The predicted octanol–water partition coefficient (Wildman–Crippen LogP) is 3.76. The number of unbranched alkanes of at least 4 members (excludes halogenated alkanes) is 1. The number of anilines is 1. The number of rotatable bonds is 7. The number of sulfonamides is 1. The second-order valence-corrected chi connectivity index (χ2v) is 10.1. The quantitative estimate of drug-likeness (QED) is 0.593. The van der Waals surface area contributed by atoms with Crippen LogP contribution in [0, 0.1) is 0 Å². The van der Waals surface area contributed by atoms with E-state index in [1.165, 1.54) is 21.7 Å². The second kappa shape index (κ2) is 8.23. The van der Waals surface area contributed by atoms with E-state index in [2.05, 4.69) is 9.88 Å². The normalized spacial score (nSPS) is 16.6. The summed E-state index contributed by atoms with van der Waals surface area (Å²) in [6, 6.07) is 16.2. The van der Waals surface area contributed by atoms with E-state index in [-0.39, 0.29) is 10.7 Å². The van der Waals surface area contributed by atoms with Crippen molar-refractivity contribution in [2.24, 2.45) is 4.40 Å². The zero-order valence-electron chi connectivity index (χ0n) is 15.6. The van der Waals surface area contributed by atoms with Gasteiger partial charge in [-0.15, -0.1) is 15.7 Å². The van der Waals surface area contributed by atoms with E-state index in [1.807, 2.05) is 37.3 Å². The molecule has 1 aliphatic rings. The molecule has 1 atom stereocenters. The lowest BCUT2D eigenvalue weighted by Gasteiger charge is -2.24. The fraction of sp³-hybridized carbons (Fsp3) is 0.211. The average Bonchev–Trinajstić information content (AvgIpc) is 3.34.